The molecule has 33 heavy (non-hydrogen) atoms. The van der Waals surface area contributed by atoms with Gasteiger partial charge in [-0.1, -0.05) is 52.0 Å². The van der Waals surface area contributed by atoms with E-state index in [4.69, 9.17) is 9.84 Å². The zero-order valence-electron chi connectivity index (χ0n) is 20.0. The molecule has 0 aliphatic heterocycles. The van der Waals surface area contributed by atoms with Crippen LogP contribution in [0.4, 0.5) is 5.82 Å². The number of methoxy groups -OCH3 is 1. The lowest BCUT2D eigenvalue weighted by atomic mass is 9.92. The van der Waals surface area contributed by atoms with Gasteiger partial charge in [-0.15, -0.1) is 0 Å². The molecule has 7 nitrogen and oxygen atoms in total. The summed E-state index contributed by atoms with van der Waals surface area (Å²) >= 11 is 0. The van der Waals surface area contributed by atoms with Gasteiger partial charge in [-0.05, 0) is 36.8 Å². The summed E-state index contributed by atoms with van der Waals surface area (Å²) in [6.07, 6.45) is 0.735. The molecule has 1 N–H and O–H groups in total. The number of amides is 2. The summed E-state index contributed by atoms with van der Waals surface area (Å²) in [6.45, 7) is 8.61. The lowest BCUT2D eigenvalue weighted by Gasteiger charge is -2.22. The molecule has 2 aromatic carbocycles. The van der Waals surface area contributed by atoms with Crippen LogP contribution in [0, 0.1) is 0 Å². The number of hydrogen-bond donors (Lipinski definition) is 1. The number of aromatic nitrogens is 2. The first-order valence-electron chi connectivity index (χ1n) is 11.1. The van der Waals surface area contributed by atoms with Gasteiger partial charge in [0, 0.05) is 23.6 Å². The first kappa shape index (κ1) is 24.0. The van der Waals surface area contributed by atoms with Crippen molar-refractivity contribution >= 4 is 17.6 Å². The van der Waals surface area contributed by atoms with E-state index in [2.05, 4.69) is 26.1 Å². The molecule has 0 radical (unpaired) electrons. The van der Waals surface area contributed by atoms with E-state index in [0.29, 0.717) is 23.7 Å². The molecule has 3 rings (SSSR count). The third-order valence-electron chi connectivity index (χ3n) is 5.18. The highest BCUT2D eigenvalue weighted by molar-refractivity contribution is 5.99. The molecule has 0 unspecified atom stereocenters. The Balaban J connectivity index is 1.83. The van der Waals surface area contributed by atoms with Gasteiger partial charge in [-0.2, -0.15) is 5.10 Å². The van der Waals surface area contributed by atoms with Crippen molar-refractivity contribution in [2.75, 3.05) is 25.5 Å². The average molecular weight is 449 g/mol. The fraction of sp³-hybridized carbons (Fsp3) is 0.346. The maximum Gasteiger partial charge on any atom is 0.254 e. The third-order valence-corrected chi connectivity index (χ3v) is 5.18. The number of nitrogens with zero attached hydrogens (tertiary/aromatic N) is 3. The van der Waals surface area contributed by atoms with Crippen LogP contribution >= 0.6 is 0 Å². The molecule has 1 heterocycles. The van der Waals surface area contributed by atoms with Gasteiger partial charge in [-0.3, -0.25) is 9.59 Å². The Kier molecular flexibility index (Phi) is 7.53. The molecule has 0 saturated carbocycles. The summed E-state index contributed by atoms with van der Waals surface area (Å²) in [5, 5.41) is 7.69. The molecule has 0 aliphatic rings. The SMILES string of the molecule is CCCN(CC(=O)Nc1cc(C(C)(C)C)nn1-c1ccccc1)C(=O)c1cccc(OC)c1. The number of para-hydroxylation sites is 1. The highest BCUT2D eigenvalue weighted by Crippen LogP contribution is 2.26. The van der Waals surface area contributed by atoms with Crippen molar-refractivity contribution in [2.45, 2.75) is 39.5 Å². The average Bonchev–Trinajstić information content (AvgIpc) is 3.23. The number of hydrogen-bond acceptors (Lipinski definition) is 4. The number of carbonyl (C=O) groups is 2. The first-order valence-corrected chi connectivity index (χ1v) is 11.1. The first-order chi connectivity index (χ1) is 15.7. The van der Waals surface area contributed by atoms with E-state index >= 15 is 0 Å². The van der Waals surface area contributed by atoms with Gasteiger partial charge < -0.3 is 15.0 Å². The van der Waals surface area contributed by atoms with Gasteiger partial charge in [0.05, 0.1) is 18.5 Å². The topological polar surface area (TPSA) is 76.5 Å². The summed E-state index contributed by atoms with van der Waals surface area (Å²) in [4.78, 5) is 27.7. The van der Waals surface area contributed by atoms with Crippen LogP contribution in [0.15, 0.2) is 60.7 Å². The number of nitrogens with one attached hydrogen (secondary N) is 1. The van der Waals surface area contributed by atoms with Crippen molar-refractivity contribution < 1.29 is 14.3 Å². The highest BCUT2D eigenvalue weighted by atomic mass is 16.5. The van der Waals surface area contributed by atoms with E-state index in [9.17, 15) is 9.59 Å². The molecule has 1 aromatic heterocycles. The normalized spacial score (nSPS) is 11.2. The van der Waals surface area contributed by atoms with Gasteiger partial charge in [0.2, 0.25) is 5.91 Å². The third kappa shape index (κ3) is 6.00. The van der Waals surface area contributed by atoms with E-state index < -0.39 is 0 Å². The molecule has 0 aliphatic carbocycles. The molecule has 174 valence electrons. The van der Waals surface area contributed by atoms with Crippen LogP contribution in [0.25, 0.3) is 5.69 Å². The van der Waals surface area contributed by atoms with Gasteiger partial charge in [0.15, 0.2) is 0 Å². The Morgan fingerprint density at radius 1 is 1.06 bits per heavy atom. The van der Waals surface area contributed by atoms with Crippen molar-refractivity contribution in [3.8, 4) is 11.4 Å². The van der Waals surface area contributed by atoms with Crippen molar-refractivity contribution in [3.63, 3.8) is 0 Å². The Morgan fingerprint density at radius 2 is 1.79 bits per heavy atom. The van der Waals surface area contributed by atoms with Gasteiger partial charge >= 0.3 is 0 Å². The molecule has 0 atom stereocenters. The van der Waals surface area contributed by atoms with Crippen molar-refractivity contribution in [2.24, 2.45) is 0 Å². The van der Waals surface area contributed by atoms with E-state index in [1.165, 1.54) is 0 Å². The molecule has 0 fully saturated rings. The smallest absolute Gasteiger partial charge is 0.254 e. The van der Waals surface area contributed by atoms with E-state index in [1.807, 2.05) is 43.3 Å². The minimum absolute atomic E-state index is 0.0608. The van der Waals surface area contributed by atoms with Crippen molar-refractivity contribution in [3.05, 3.63) is 71.9 Å². The van der Waals surface area contributed by atoms with Crippen molar-refractivity contribution in [1.29, 1.82) is 0 Å². The number of ether oxygens (including phenoxy) is 1. The number of benzene rings is 2. The van der Waals surface area contributed by atoms with Gasteiger partial charge in [-0.25, -0.2) is 4.68 Å². The van der Waals surface area contributed by atoms with Crippen LogP contribution in [0.2, 0.25) is 0 Å². The molecule has 0 spiro atoms. The van der Waals surface area contributed by atoms with E-state index in [0.717, 1.165) is 17.8 Å². The van der Waals surface area contributed by atoms with Crippen LogP contribution in [0.3, 0.4) is 0 Å². The van der Waals surface area contributed by atoms with E-state index in [1.54, 1.807) is 41.0 Å². The summed E-state index contributed by atoms with van der Waals surface area (Å²) in [5.41, 5.74) is 2.01. The molecule has 7 heteroatoms. The molecular formula is C26H32N4O3. The van der Waals surface area contributed by atoms with Crippen LogP contribution in [0.1, 0.15) is 50.2 Å². The predicted molar refractivity (Wildman–Crippen MR) is 130 cm³/mol. The highest BCUT2D eigenvalue weighted by Gasteiger charge is 2.23. The number of anilines is 1. The second-order valence-electron chi connectivity index (χ2n) is 8.92. The zero-order valence-corrected chi connectivity index (χ0v) is 20.0. The maximum absolute atomic E-state index is 13.1. The molecule has 0 bridgehead atoms. The number of carbonyl (C=O) groups excluding carboxylic acids is 2. The minimum Gasteiger partial charge on any atom is -0.497 e. The Labute approximate surface area is 195 Å². The lowest BCUT2D eigenvalue weighted by molar-refractivity contribution is -0.116. The summed E-state index contributed by atoms with van der Waals surface area (Å²) in [7, 11) is 1.56. The fourth-order valence-corrected chi connectivity index (χ4v) is 3.42. The minimum atomic E-state index is -0.280. The summed E-state index contributed by atoms with van der Waals surface area (Å²) in [5.74, 6) is 0.680. The quantitative estimate of drug-likeness (QED) is 0.543. The molecule has 3 aromatic rings. The van der Waals surface area contributed by atoms with Crippen LogP contribution in [0.5, 0.6) is 5.75 Å². The number of rotatable bonds is 8. The monoisotopic (exact) mass is 448 g/mol. The molecule has 2 amide bonds. The molecule has 0 saturated heterocycles. The fourth-order valence-electron chi connectivity index (χ4n) is 3.42. The van der Waals surface area contributed by atoms with Crippen LogP contribution < -0.4 is 10.1 Å². The second-order valence-corrected chi connectivity index (χ2v) is 8.92. The largest absolute Gasteiger partial charge is 0.497 e. The Hall–Kier alpha value is -3.61. The lowest BCUT2D eigenvalue weighted by Crippen LogP contribution is -2.38. The Bertz CT molecular complexity index is 1100. The second kappa shape index (κ2) is 10.3. The Morgan fingerprint density at radius 3 is 2.42 bits per heavy atom. The summed E-state index contributed by atoms with van der Waals surface area (Å²) < 4.78 is 6.96. The van der Waals surface area contributed by atoms with Crippen molar-refractivity contribution in [1.82, 2.24) is 14.7 Å². The maximum atomic E-state index is 13.1. The van der Waals surface area contributed by atoms with Gasteiger partial charge in [0.1, 0.15) is 18.1 Å². The zero-order chi connectivity index (χ0) is 24.0. The van der Waals surface area contributed by atoms with Gasteiger partial charge in [0.25, 0.3) is 5.91 Å². The standard InChI is InChI=1S/C26H32N4O3/c1-6-15-29(25(32)19-11-10-14-21(16-19)33-5)18-24(31)27-23-17-22(26(2,3)4)28-30(23)20-12-8-7-9-13-20/h7-14,16-17H,6,15,18H2,1-5H3,(H,27,31). The molecular weight excluding hydrogens is 416 g/mol. The summed E-state index contributed by atoms with van der Waals surface area (Å²) in [6, 6.07) is 18.5. The van der Waals surface area contributed by atoms with Crippen LogP contribution in [-0.2, 0) is 10.2 Å². The van der Waals surface area contributed by atoms with Crippen LogP contribution in [-0.4, -0.2) is 46.7 Å². The van der Waals surface area contributed by atoms with E-state index in [-0.39, 0.29) is 23.8 Å². The predicted octanol–water partition coefficient (Wildman–Crippen LogP) is 4.67.